The summed E-state index contributed by atoms with van der Waals surface area (Å²) in [6.07, 6.45) is 1.48. The number of carbonyl (C=O) groups excluding carboxylic acids is 5. The van der Waals surface area contributed by atoms with Gasteiger partial charge < -0.3 is 67.2 Å². The Labute approximate surface area is 797 Å². The van der Waals surface area contributed by atoms with E-state index in [-0.39, 0.29) is 71.6 Å². The number of aromatic nitrogens is 6. The van der Waals surface area contributed by atoms with Crippen LogP contribution < -0.4 is 48.3 Å². The molecule has 8 atom stereocenters. The Bertz CT molecular complexity index is 5260. The number of fused-ring (bicyclic) bond motifs is 8. The molecule has 14 rings (SSSR count). The molecule has 6 heterocycles. The van der Waals surface area contributed by atoms with Crippen LogP contribution in [0.3, 0.4) is 0 Å². The molecular formula is C91H109Br6ClN16O11S. The zero-order chi connectivity index (χ0) is 92.6. The number of methoxy groups -OCH3 is 4. The predicted molar refractivity (Wildman–Crippen MR) is 528 cm³/mol. The van der Waals surface area contributed by atoms with Gasteiger partial charge in [0.15, 0.2) is 0 Å². The van der Waals surface area contributed by atoms with Gasteiger partial charge in [-0.25, -0.2) is 0 Å². The Balaban J connectivity index is 0.000000200. The van der Waals surface area contributed by atoms with Gasteiger partial charge in [-0.15, -0.1) is 20.4 Å². The van der Waals surface area contributed by atoms with Crippen LogP contribution in [0.2, 0.25) is 5.02 Å². The van der Waals surface area contributed by atoms with Crippen molar-refractivity contribution in [1.82, 2.24) is 34.8 Å². The van der Waals surface area contributed by atoms with Crippen molar-refractivity contribution in [1.29, 1.82) is 0 Å². The number of benzene rings is 8. The minimum absolute atomic E-state index is 0.0322. The second kappa shape index (κ2) is 51.7. The van der Waals surface area contributed by atoms with Crippen LogP contribution in [0.5, 0.6) is 0 Å². The normalized spacial score (nSPS) is 15.7. The number of esters is 4. The summed E-state index contributed by atoms with van der Waals surface area (Å²) in [4.78, 5) is 69.4. The Morgan fingerprint density at radius 3 is 1.51 bits per heavy atom. The summed E-state index contributed by atoms with van der Waals surface area (Å²) < 4.78 is 28.5. The van der Waals surface area contributed by atoms with E-state index >= 15 is 0 Å². The molecule has 27 nitrogen and oxygen atoms in total. The van der Waals surface area contributed by atoms with Gasteiger partial charge in [-0.05, 0) is 146 Å². The van der Waals surface area contributed by atoms with E-state index in [0.29, 0.717) is 55.0 Å². The van der Waals surface area contributed by atoms with Gasteiger partial charge in [0.2, 0.25) is 0 Å². The third-order valence-electron chi connectivity index (χ3n) is 20.4. The van der Waals surface area contributed by atoms with E-state index in [9.17, 15) is 34.1 Å². The zero-order valence-corrected chi connectivity index (χ0v) is 83.9. The minimum atomic E-state index is -0.475. The van der Waals surface area contributed by atoms with Crippen LogP contribution in [-0.2, 0) is 62.3 Å². The predicted octanol–water partition coefficient (Wildman–Crippen LogP) is 20.3. The van der Waals surface area contributed by atoms with Gasteiger partial charge in [-0.3, -0.25) is 43.2 Å². The maximum atomic E-state index is 11.6. The van der Waals surface area contributed by atoms with E-state index in [4.69, 9.17) is 35.3 Å². The fraction of sp³-hybridized carbons (Fsp3) is 0.363. The molecule has 35 heteroatoms. The van der Waals surface area contributed by atoms with E-state index < -0.39 is 4.92 Å². The minimum Gasteiger partial charge on any atom is -0.469 e. The molecular weight excluding hydrogens is 2040 g/mol. The van der Waals surface area contributed by atoms with Crippen LogP contribution in [0.4, 0.5) is 51.2 Å². The number of carbonyl (C=O) groups is 5. The summed E-state index contributed by atoms with van der Waals surface area (Å²) in [6, 6.07) is 53.0. The molecule has 0 spiro atoms. The van der Waals surface area contributed by atoms with Crippen molar-refractivity contribution < 1.29 is 47.8 Å². The first kappa shape index (κ1) is 104. The van der Waals surface area contributed by atoms with Crippen LogP contribution in [0.15, 0.2) is 191 Å². The summed E-state index contributed by atoms with van der Waals surface area (Å²) in [5.41, 5.74) is 24.2. The van der Waals surface area contributed by atoms with Crippen molar-refractivity contribution in [2.24, 2.45) is 41.2 Å². The summed E-state index contributed by atoms with van der Waals surface area (Å²) in [5.74, 6) is 3.49. The standard InChI is InChI=1S/C18H16BrClN4.C12H13BrN4.C12H17NO2.C11H13BrN2O4.C11H15BrN2O2.C11H12BrNO.C11H12BrNS.C5H11NO2/c1-11-10-23(15-6-4-14(20)5-7-15)17-9-13(19)3-8-16(17)24-12(2)21-22-18(11)24;1-7-6-14-10-5-9(13)3-4-11(10)17-8(2)15-16-12(7)17;1-10(12(14)15-2)8-13-9-11-6-4-3-5-7-11;1-7(11(15)18-2)6-13-9-5-8(12)3-4-10(9)14(16)17;1-7(11(15)16-2)6-14-10-5-8(12)3-4-9(10)13;2*1-7-6-13-10-5-9(12)3-2-8(10)4-11(7)14;1-4(3-6)5(7)8-2/h3-9,11H,10H2,1-2H3;3-5,7,14H,6H2,1-2H3;3-7,10,13H,8-9H2,1-2H3;3-5,7,13H,6H2,1-2H3;3-5,7,14H,6,13H2,1-2H3;2*2-3,5,7,13H,4,6H2,1H3;4H,3,6H2,1-2H3. The number of Topliss-reactive ketones (excluding diaryl/α,β-unsaturated/α-hetero) is 1. The first-order valence-corrected chi connectivity index (χ1v) is 46.1. The number of hydrogen-bond donors (Lipinski definition) is 8. The number of hydrogen-bond acceptors (Lipinski definition) is 25. The lowest BCUT2D eigenvalue weighted by Gasteiger charge is -2.26. The van der Waals surface area contributed by atoms with Crippen LogP contribution >= 0.6 is 119 Å². The average molecular weight is 2150 g/mol. The van der Waals surface area contributed by atoms with Crippen LogP contribution in [0, 0.1) is 59.5 Å². The lowest BCUT2D eigenvalue weighted by atomic mass is 10.0. The molecule has 0 saturated heterocycles. The number of rotatable bonds is 17. The van der Waals surface area contributed by atoms with Crippen LogP contribution in [0.25, 0.3) is 11.4 Å². The number of ether oxygens (including phenoxy) is 4. The van der Waals surface area contributed by atoms with E-state index in [1.165, 1.54) is 51.3 Å². The number of nitro groups is 1. The largest absolute Gasteiger partial charge is 0.469 e. The van der Waals surface area contributed by atoms with Gasteiger partial charge in [0.1, 0.15) is 34.8 Å². The van der Waals surface area contributed by atoms with Crippen molar-refractivity contribution in [2.45, 2.75) is 100 Å². The molecule has 8 aromatic carbocycles. The fourth-order valence-electron chi connectivity index (χ4n) is 12.8. The van der Waals surface area contributed by atoms with E-state index in [1.54, 1.807) is 39.0 Å². The monoisotopic (exact) mass is 2140 g/mol. The molecule has 0 fully saturated rings. The van der Waals surface area contributed by atoms with Gasteiger partial charge in [0.05, 0.1) is 91.2 Å². The van der Waals surface area contributed by atoms with Gasteiger partial charge in [0, 0.05) is 155 Å². The Morgan fingerprint density at radius 2 is 0.968 bits per heavy atom. The van der Waals surface area contributed by atoms with Crippen LogP contribution in [-0.4, -0.2) is 150 Å². The number of aryl methyl sites for hydroxylation is 2. The summed E-state index contributed by atoms with van der Waals surface area (Å²) in [7, 11) is 5.46. The van der Waals surface area contributed by atoms with Crippen molar-refractivity contribution in [3.8, 4) is 11.4 Å². The fourth-order valence-corrected chi connectivity index (χ4v) is 15.3. The highest BCUT2D eigenvalue weighted by molar-refractivity contribution is 9.11. The van der Waals surface area contributed by atoms with Gasteiger partial charge >= 0.3 is 23.9 Å². The Hall–Kier alpha value is -9.23. The number of nitrogens with one attached hydrogen (secondary N) is 6. The Kier molecular flexibility index (Phi) is 42.6. The second-order valence-electron chi connectivity index (χ2n) is 30.4. The number of nitrogen functional groups attached to an aromatic ring is 1. The molecule has 0 radical (unpaired) electrons. The average Bonchev–Trinajstić information content (AvgIpc) is 1.61. The number of ketones is 1. The molecule has 0 amide bonds. The van der Waals surface area contributed by atoms with E-state index in [2.05, 4.69) is 274 Å². The lowest BCUT2D eigenvalue weighted by Crippen LogP contribution is -2.26. The SMILES string of the molecule is CC1CNc2cc(Br)ccc2CC1=O.CC1CNc2cc(Br)ccc2CC1=S.COC(=O)C(C)CN.COC(=O)C(C)CNCc1ccccc1.COC(=O)C(C)CNc1cc(Br)ccc1N.COC(=O)C(C)CNc1cc(Br)ccc1[N+](=O)[O-].Cc1nnc2n1-c1ccc(Br)cc1N(c1ccc(Cl)cc1)CC2C.Cc1nnc2n1-c1ccc(Br)cc1NCC2C. The summed E-state index contributed by atoms with van der Waals surface area (Å²) in [6.45, 7) is 25.5. The number of nitrogens with zero attached hydrogens (tertiary/aromatic N) is 8. The first-order valence-electron chi connectivity index (χ1n) is 40.5. The third kappa shape index (κ3) is 31.3. The number of thiocarbonyl (C=S) groups is 1. The molecule has 0 aliphatic carbocycles. The number of halogens is 7. The number of anilines is 8. The van der Waals surface area contributed by atoms with Crippen LogP contribution in [0.1, 0.15) is 107 Å². The van der Waals surface area contributed by atoms with E-state index in [1.807, 2.05) is 94.4 Å². The van der Waals surface area contributed by atoms with Crippen molar-refractivity contribution in [2.75, 3.05) is 118 Å². The summed E-state index contributed by atoms with van der Waals surface area (Å²) in [5, 5.41) is 48.1. The molecule has 8 unspecified atom stereocenters. The maximum absolute atomic E-state index is 11.6. The molecule has 10 aromatic rings. The lowest BCUT2D eigenvalue weighted by molar-refractivity contribution is -0.384. The molecule has 0 saturated carbocycles. The molecule has 126 heavy (non-hydrogen) atoms. The smallest absolute Gasteiger partial charge is 0.310 e. The molecule has 2 aromatic heterocycles. The highest BCUT2D eigenvalue weighted by Crippen LogP contribution is 2.41. The van der Waals surface area contributed by atoms with Crippen molar-refractivity contribution in [3.05, 3.63) is 246 Å². The summed E-state index contributed by atoms with van der Waals surface area (Å²) >= 11 is 32.0. The van der Waals surface area contributed by atoms with Gasteiger partial charge in [-0.1, -0.05) is 217 Å². The third-order valence-corrected chi connectivity index (χ3v) is 24.1. The number of nitro benzene ring substituents is 1. The topological polar surface area (TPSA) is 354 Å². The van der Waals surface area contributed by atoms with Gasteiger partial charge in [-0.2, -0.15) is 0 Å². The van der Waals surface area contributed by atoms with E-state index in [0.717, 1.165) is 145 Å². The molecule has 0 bridgehead atoms. The first-order chi connectivity index (χ1) is 60.0. The molecule has 4 aliphatic rings. The van der Waals surface area contributed by atoms with Crippen molar-refractivity contribution in [3.63, 3.8) is 0 Å². The highest BCUT2D eigenvalue weighted by atomic mass is 79.9. The molecule has 10 N–H and O–H groups in total. The molecule has 4 aliphatic heterocycles. The Morgan fingerprint density at radius 1 is 0.532 bits per heavy atom. The number of nitrogens with two attached hydrogens (primary N) is 2. The van der Waals surface area contributed by atoms with Crippen molar-refractivity contribution >= 4 is 205 Å². The maximum Gasteiger partial charge on any atom is 0.310 e. The zero-order valence-electron chi connectivity index (χ0n) is 72.8. The quantitative estimate of drug-likeness (QED) is 0.0105. The molecule has 674 valence electrons. The van der Waals surface area contributed by atoms with Gasteiger partial charge in [0.25, 0.3) is 5.69 Å². The second-order valence-corrected chi connectivity index (χ2v) is 36.8. The highest BCUT2D eigenvalue weighted by Gasteiger charge is 2.30.